The molecule has 0 aromatic heterocycles. The summed E-state index contributed by atoms with van der Waals surface area (Å²) in [5, 5.41) is 8.02. The van der Waals surface area contributed by atoms with Crippen molar-refractivity contribution < 1.29 is 19.2 Å². The number of piperidine rings is 1. The fourth-order valence-corrected chi connectivity index (χ4v) is 3.15. The largest absolute Gasteiger partial charge is 0.356 e. The second kappa shape index (κ2) is 11.6. The number of hydrogen-bond acceptors (Lipinski definition) is 4. The zero-order valence-electron chi connectivity index (χ0n) is 16.3. The number of amides is 3. The van der Waals surface area contributed by atoms with Crippen LogP contribution < -0.4 is 16.0 Å². The molecular weight excluding hydrogens is 370 g/mol. The van der Waals surface area contributed by atoms with Crippen LogP contribution in [0, 0.1) is 5.92 Å². The maximum absolute atomic E-state index is 12.6. The van der Waals surface area contributed by atoms with Gasteiger partial charge in [0.25, 0.3) is 0 Å². The van der Waals surface area contributed by atoms with Crippen molar-refractivity contribution in [1.29, 1.82) is 0 Å². The molecule has 1 fully saturated rings. The predicted molar refractivity (Wildman–Crippen MR) is 111 cm³/mol. The van der Waals surface area contributed by atoms with Gasteiger partial charge in [0.05, 0.1) is 6.04 Å². The van der Waals surface area contributed by atoms with Crippen LogP contribution in [0.2, 0.25) is 0 Å². The third-order valence-electron chi connectivity index (χ3n) is 4.69. The molecule has 1 aromatic rings. The zero-order valence-corrected chi connectivity index (χ0v) is 16.3. The van der Waals surface area contributed by atoms with Crippen LogP contribution in [-0.2, 0) is 19.2 Å². The summed E-state index contributed by atoms with van der Waals surface area (Å²) in [5.41, 5.74) is 0.860. The molecule has 0 saturated carbocycles. The molecule has 29 heavy (non-hydrogen) atoms. The van der Waals surface area contributed by atoms with E-state index in [0.717, 1.165) is 12.0 Å². The van der Waals surface area contributed by atoms with E-state index in [1.165, 1.54) is 12.2 Å². The van der Waals surface area contributed by atoms with E-state index in [4.69, 9.17) is 0 Å². The molecule has 7 heteroatoms. The fraction of sp³-hybridized carbons (Fsp3) is 0.364. The third-order valence-corrected chi connectivity index (χ3v) is 4.69. The highest BCUT2D eigenvalue weighted by molar-refractivity contribution is 5.96. The van der Waals surface area contributed by atoms with Gasteiger partial charge in [-0.15, -0.1) is 6.58 Å². The Morgan fingerprint density at radius 2 is 2.00 bits per heavy atom. The number of hydrogen-bond donors (Lipinski definition) is 3. The van der Waals surface area contributed by atoms with Gasteiger partial charge in [0.15, 0.2) is 0 Å². The van der Waals surface area contributed by atoms with Crippen molar-refractivity contribution in [3.8, 4) is 0 Å². The van der Waals surface area contributed by atoms with Crippen LogP contribution in [0.4, 0.5) is 0 Å². The average molecular weight is 397 g/mol. The Kier molecular flexibility index (Phi) is 8.82. The van der Waals surface area contributed by atoms with Gasteiger partial charge in [-0.05, 0) is 37.3 Å². The fourth-order valence-electron chi connectivity index (χ4n) is 3.15. The molecule has 1 heterocycles. The lowest BCUT2D eigenvalue weighted by atomic mass is 9.92. The Balaban J connectivity index is 1.93. The molecule has 1 saturated heterocycles. The van der Waals surface area contributed by atoms with Crippen molar-refractivity contribution >= 4 is 30.1 Å². The molecule has 1 aliphatic heterocycles. The highest BCUT2D eigenvalue weighted by Gasteiger charge is 2.28. The average Bonchev–Trinajstić information content (AvgIpc) is 2.73. The lowest BCUT2D eigenvalue weighted by Gasteiger charge is -2.25. The molecule has 7 nitrogen and oxygen atoms in total. The van der Waals surface area contributed by atoms with Crippen molar-refractivity contribution in [1.82, 2.24) is 16.0 Å². The second-order valence-electron chi connectivity index (χ2n) is 6.95. The Morgan fingerprint density at radius 3 is 2.66 bits per heavy atom. The first-order chi connectivity index (χ1) is 14.0. The van der Waals surface area contributed by atoms with Crippen LogP contribution >= 0.6 is 0 Å². The SMILES string of the molecule is C=CC[C@H](NC(=O)C=Cc1ccccc1)C(=O)N[C@H](C=O)C[C@@H]1CCCNC1=O. The van der Waals surface area contributed by atoms with Gasteiger partial charge in [-0.2, -0.15) is 0 Å². The first-order valence-corrected chi connectivity index (χ1v) is 9.71. The lowest BCUT2D eigenvalue weighted by molar-refractivity contribution is -0.130. The Hall–Kier alpha value is -3.22. The van der Waals surface area contributed by atoms with E-state index >= 15 is 0 Å². The van der Waals surface area contributed by atoms with E-state index in [1.54, 1.807) is 6.08 Å². The summed E-state index contributed by atoms with van der Waals surface area (Å²) in [7, 11) is 0. The molecular formula is C22H27N3O4. The second-order valence-corrected chi connectivity index (χ2v) is 6.95. The molecule has 1 aromatic carbocycles. The molecule has 3 N–H and O–H groups in total. The van der Waals surface area contributed by atoms with Gasteiger partial charge in [0.2, 0.25) is 17.7 Å². The summed E-state index contributed by atoms with van der Waals surface area (Å²) < 4.78 is 0. The van der Waals surface area contributed by atoms with Crippen LogP contribution in [0.5, 0.6) is 0 Å². The summed E-state index contributed by atoms with van der Waals surface area (Å²) in [5.74, 6) is -1.32. The van der Waals surface area contributed by atoms with Crippen molar-refractivity contribution in [3.05, 3.63) is 54.6 Å². The molecule has 0 unspecified atom stereocenters. The number of nitrogens with one attached hydrogen (secondary N) is 3. The molecule has 154 valence electrons. The van der Waals surface area contributed by atoms with Crippen LogP contribution in [0.15, 0.2) is 49.1 Å². The van der Waals surface area contributed by atoms with E-state index in [1.807, 2.05) is 30.3 Å². The van der Waals surface area contributed by atoms with Crippen molar-refractivity contribution in [2.45, 2.75) is 37.8 Å². The minimum absolute atomic E-state index is 0.0978. The van der Waals surface area contributed by atoms with Gasteiger partial charge < -0.3 is 20.7 Å². The lowest BCUT2D eigenvalue weighted by Crippen LogP contribution is -2.50. The topological polar surface area (TPSA) is 104 Å². The molecule has 0 bridgehead atoms. The summed E-state index contributed by atoms with van der Waals surface area (Å²) >= 11 is 0. The number of benzene rings is 1. The van der Waals surface area contributed by atoms with E-state index in [-0.39, 0.29) is 24.7 Å². The number of rotatable bonds is 10. The highest BCUT2D eigenvalue weighted by Crippen LogP contribution is 2.17. The molecule has 2 rings (SSSR count). The van der Waals surface area contributed by atoms with Crippen LogP contribution in [0.25, 0.3) is 6.08 Å². The van der Waals surface area contributed by atoms with Crippen LogP contribution in [-0.4, -0.2) is 42.6 Å². The summed E-state index contributed by atoms with van der Waals surface area (Å²) in [6.45, 7) is 4.25. The monoisotopic (exact) mass is 397 g/mol. The van der Waals surface area contributed by atoms with E-state index in [0.29, 0.717) is 19.3 Å². The normalized spacial score (nSPS) is 18.3. The van der Waals surface area contributed by atoms with Crippen LogP contribution in [0.1, 0.15) is 31.2 Å². The molecule has 0 radical (unpaired) electrons. The van der Waals surface area contributed by atoms with Gasteiger partial charge in [0.1, 0.15) is 12.3 Å². The molecule has 3 amide bonds. The number of carbonyl (C=O) groups excluding carboxylic acids is 4. The summed E-state index contributed by atoms with van der Waals surface area (Å²) in [6.07, 6.45) is 7.13. The summed E-state index contributed by atoms with van der Waals surface area (Å²) in [4.78, 5) is 48.1. The van der Waals surface area contributed by atoms with Crippen molar-refractivity contribution in [2.24, 2.45) is 5.92 Å². The van der Waals surface area contributed by atoms with Gasteiger partial charge in [-0.3, -0.25) is 14.4 Å². The van der Waals surface area contributed by atoms with Crippen molar-refractivity contribution in [2.75, 3.05) is 6.54 Å². The quantitative estimate of drug-likeness (QED) is 0.315. The standard InChI is InChI=1S/C22H27N3O4/c1-2-7-19(25-20(27)12-11-16-8-4-3-5-9-16)22(29)24-18(15-26)14-17-10-6-13-23-21(17)28/h2-5,8-9,11-12,15,17-19H,1,6-7,10,13-14H2,(H,23,28)(H,24,29)(H,25,27)/t17-,18-,19-/m0/s1. The number of carbonyl (C=O) groups is 4. The van der Waals surface area contributed by atoms with E-state index in [9.17, 15) is 19.2 Å². The first-order valence-electron chi connectivity index (χ1n) is 9.71. The Morgan fingerprint density at radius 1 is 1.24 bits per heavy atom. The third kappa shape index (κ3) is 7.37. The molecule has 0 aliphatic carbocycles. The Bertz CT molecular complexity index is 761. The van der Waals surface area contributed by atoms with Gasteiger partial charge >= 0.3 is 0 Å². The minimum Gasteiger partial charge on any atom is -0.356 e. The van der Waals surface area contributed by atoms with Crippen molar-refractivity contribution in [3.63, 3.8) is 0 Å². The smallest absolute Gasteiger partial charge is 0.244 e. The van der Waals surface area contributed by atoms with Gasteiger partial charge in [-0.1, -0.05) is 36.4 Å². The highest BCUT2D eigenvalue weighted by atomic mass is 16.2. The van der Waals surface area contributed by atoms with Crippen LogP contribution in [0.3, 0.4) is 0 Å². The van der Waals surface area contributed by atoms with Gasteiger partial charge in [0, 0.05) is 18.5 Å². The van der Waals surface area contributed by atoms with Gasteiger partial charge in [-0.25, -0.2) is 0 Å². The van der Waals surface area contributed by atoms with E-state index < -0.39 is 23.9 Å². The molecule has 3 atom stereocenters. The number of aldehydes is 1. The minimum atomic E-state index is -0.858. The first kappa shape index (κ1) is 22.1. The van der Waals surface area contributed by atoms with E-state index in [2.05, 4.69) is 22.5 Å². The molecule has 1 aliphatic rings. The molecule has 0 spiro atoms. The predicted octanol–water partition coefficient (Wildman–Crippen LogP) is 1.36. The maximum Gasteiger partial charge on any atom is 0.244 e. The summed E-state index contributed by atoms with van der Waals surface area (Å²) in [6, 6.07) is 7.66. The Labute approximate surface area is 170 Å². The zero-order chi connectivity index (χ0) is 21.1. The maximum atomic E-state index is 12.6.